The van der Waals surface area contributed by atoms with Gasteiger partial charge in [0.15, 0.2) is 0 Å². The van der Waals surface area contributed by atoms with Gasteiger partial charge in [0.05, 0.1) is 6.10 Å². The maximum Gasteiger partial charge on any atom is 0.0575 e. The molecule has 2 heteroatoms. The minimum Gasteiger partial charge on any atom is -0.378 e. The number of hydrogen-bond acceptors (Lipinski definition) is 2. The van der Waals surface area contributed by atoms with Gasteiger partial charge in [-0.1, -0.05) is 26.7 Å². The van der Waals surface area contributed by atoms with Gasteiger partial charge in [-0.3, -0.25) is 0 Å². The van der Waals surface area contributed by atoms with E-state index in [4.69, 9.17) is 4.74 Å². The van der Waals surface area contributed by atoms with Crippen LogP contribution in [-0.2, 0) is 4.74 Å². The van der Waals surface area contributed by atoms with Gasteiger partial charge >= 0.3 is 0 Å². The monoisotopic (exact) mass is 296 g/mol. The minimum absolute atomic E-state index is 0.578. The van der Waals surface area contributed by atoms with Crippen molar-refractivity contribution < 1.29 is 4.74 Å². The van der Waals surface area contributed by atoms with Gasteiger partial charge in [0.2, 0.25) is 0 Å². The first kappa shape index (κ1) is 15.2. The number of hydrogen-bond donors (Lipinski definition) is 0. The Labute approximate surface area is 129 Å². The zero-order valence-corrected chi connectivity index (χ0v) is 14.2. The normalized spacial score (nSPS) is 44.7. The summed E-state index contributed by atoms with van der Waals surface area (Å²) in [6.07, 6.45) is 13.1. The Morgan fingerprint density at radius 3 is 2.55 bits per heavy atom. The van der Waals surface area contributed by atoms with Crippen molar-refractivity contribution in [1.82, 2.24) is 0 Å². The standard InChI is InChI=1S/C18H32OS/c1-3-4-11-19-14-6-9-15-16-8-5-13(2)12-18(16)20-17(15)10-7-14/h13-18H,3-12H2,1-2H3. The smallest absolute Gasteiger partial charge is 0.0575 e. The largest absolute Gasteiger partial charge is 0.378 e. The van der Waals surface area contributed by atoms with Crippen molar-refractivity contribution in [3.05, 3.63) is 0 Å². The van der Waals surface area contributed by atoms with Crippen LogP contribution in [0.3, 0.4) is 0 Å². The van der Waals surface area contributed by atoms with Crippen LogP contribution < -0.4 is 0 Å². The highest BCUT2D eigenvalue weighted by molar-refractivity contribution is 8.00. The lowest BCUT2D eigenvalue weighted by atomic mass is 9.74. The van der Waals surface area contributed by atoms with Crippen molar-refractivity contribution in [2.45, 2.75) is 88.2 Å². The Morgan fingerprint density at radius 2 is 1.70 bits per heavy atom. The van der Waals surface area contributed by atoms with E-state index in [2.05, 4.69) is 25.6 Å². The summed E-state index contributed by atoms with van der Waals surface area (Å²) in [7, 11) is 0. The molecule has 3 fully saturated rings. The van der Waals surface area contributed by atoms with Gasteiger partial charge in [0.1, 0.15) is 0 Å². The molecule has 116 valence electrons. The summed E-state index contributed by atoms with van der Waals surface area (Å²) in [5, 5.41) is 1.97. The molecular formula is C18H32OS. The highest BCUT2D eigenvalue weighted by Gasteiger charge is 2.46. The second-order valence-corrected chi connectivity index (χ2v) is 8.94. The van der Waals surface area contributed by atoms with Crippen LogP contribution in [0.2, 0.25) is 0 Å². The van der Waals surface area contributed by atoms with Gasteiger partial charge in [-0.2, -0.15) is 11.8 Å². The number of ether oxygens (including phenoxy) is 1. The molecule has 6 atom stereocenters. The molecule has 0 spiro atoms. The lowest BCUT2D eigenvalue weighted by molar-refractivity contribution is 0.0398. The number of thioether (sulfide) groups is 1. The highest BCUT2D eigenvalue weighted by atomic mass is 32.2. The molecule has 0 aromatic carbocycles. The summed E-state index contributed by atoms with van der Waals surface area (Å²) in [4.78, 5) is 0. The Kier molecular flexibility index (Phi) is 5.36. The van der Waals surface area contributed by atoms with Gasteiger partial charge in [-0.25, -0.2) is 0 Å². The van der Waals surface area contributed by atoms with E-state index < -0.39 is 0 Å². The highest BCUT2D eigenvalue weighted by Crippen LogP contribution is 2.54. The molecule has 2 saturated carbocycles. The lowest BCUT2D eigenvalue weighted by Crippen LogP contribution is -2.27. The lowest BCUT2D eigenvalue weighted by Gasteiger charge is -2.32. The van der Waals surface area contributed by atoms with E-state index in [1.165, 1.54) is 57.8 Å². The first-order valence-corrected chi connectivity index (χ1v) is 9.99. The van der Waals surface area contributed by atoms with E-state index in [1.54, 1.807) is 0 Å². The Balaban J connectivity index is 1.52. The average molecular weight is 297 g/mol. The quantitative estimate of drug-likeness (QED) is 0.653. The molecule has 1 nitrogen and oxygen atoms in total. The summed E-state index contributed by atoms with van der Waals surface area (Å²) in [5.41, 5.74) is 0. The van der Waals surface area contributed by atoms with Crippen molar-refractivity contribution in [2.24, 2.45) is 17.8 Å². The van der Waals surface area contributed by atoms with E-state index in [1.807, 2.05) is 0 Å². The van der Waals surface area contributed by atoms with Gasteiger partial charge in [0, 0.05) is 17.1 Å². The zero-order valence-electron chi connectivity index (χ0n) is 13.4. The minimum atomic E-state index is 0.578. The molecule has 3 rings (SSSR count). The fourth-order valence-electron chi connectivity index (χ4n) is 4.72. The maximum atomic E-state index is 6.11. The number of rotatable bonds is 4. The second kappa shape index (κ2) is 7.05. The van der Waals surface area contributed by atoms with E-state index >= 15 is 0 Å². The van der Waals surface area contributed by atoms with Crippen LogP contribution in [0, 0.1) is 17.8 Å². The third kappa shape index (κ3) is 3.38. The van der Waals surface area contributed by atoms with E-state index in [-0.39, 0.29) is 0 Å². The van der Waals surface area contributed by atoms with Crippen LogP contribution >= 0.6 is 11.8 Å². The van der Waals surface area contributed by atoms with Gasteiger partial charge in [0.25, 0.3) is 0 Å². The molecule has 6 unspecified atom stereocenters. The summed E-state index contributed by atoms with van der Waals surface area (Å²) in [6.45, 7) is 5.71. The molecule has 1 saturated heterocycles. The Hall–Kier alpha value is 0.310. The third-order valence-electron chi connectivity index (χ3n) is 5.93. The van der Waals surface area contributed by atoms with Crippen LogP contribution in [0.25, 0.3) is 0 Å². The molecule has 3 aliphatic rings. The van der Waals surface area contributed by atoms with E-state index in [0.717, 1.165) is 34.9 Å². The molecule has 1 aliphatic heterocycles. The molecule has 2 aliphatic carbocycles. The predicted octanol–water partition coefficient (Wildman–Crippen LogP) is 5.28. The molecule has 0 amide bonds. The van der Waals surface area contributed by atoms with Gasteiger partial charge < -0.3 is 4.74 Å². The Morgan fingerprint density at radius 1 is 0.950 bits per heavy atom. The molecule has 0 radical (unpaired) electrons. The second-order valence-electron chi connectivity index (χ2n) is 7.46. The molecule has 20 heavy (non-hydrogen) atoms. The summed E-state index contributed by atoms with van der Waals surface area (Å²) in [5.74, 6) is 3.06. The number of unbranched alkanes of at least 4 members (excludes halogenated alkanes) is 1. The summed E-state index contributed by atoms with van der Waals surface area (Å²) >= 11 is 2.37. The van der Waals surface area contributed by atoms with Crippen LogP contribution in [0.1, 0.15) is 71.6 Å². The van der Waals surface area contributed by atoms with Crippen LogP contribution in [0.4, 0.5) is 0 Å². The van der Waals surface area contributed by atoms with Crippen molar-refractivity contribution in [1.29, 1.82) is 0 Å². The van der Waals surface area contributed by atoms with Crippen molar-refractivity contribution in [3.63, 3.8) is 0 Å². The van der Waals surface area contributed by atoms with Crippen molar-refractivity contribution >= 4 is 11.8 Å². The fourth-order valence-corrected chi connectivity index (χ4v) is 6.96. The van der Waals surface area contributed by atoms with Crippen molar-refractivity contribution in [3.8, 4) is 0 Å². The van der Waals surface area contributed by atoms with Crippen LogP contribution in [-0.4, -0.2) is 23.2 Å². The molecule has 0 aromatic heterocycles. The van der Waals surface area contributed by atoms with Crippen molar-refractivity contribution in [2.75, 3.05) is 6.61 Å². The number of fused-ring (bicyclic) bond motifs is 3. The van der Waals surface area contributed by atoms with Gasteiger partial charge in [-0.05, 0) is 62.7 Å². The molecule has 0 N–H and O–H groups in total. The van der Waals surface area contributed by atoms with E-state index in [0.29, 0.717) is 6.10 Å². The summed E-state index contributed by atoms with van der Waals surface area (Å²) < 4.78 is 6.11. The SMILES string of the molecule is CCCCOC1CCC2SC3CC(C)CCC3C2CC1. The topological polar surface area (TPSA) is 9.23 Å². The summed E-state index contributed by atoms with van der Waals surface area (Å²) in [6, 6.07) is 0. The molecular weight excluding hydrogens is 264 g/mol. The first-order chi connectivity index (χ1) is 9.78. The van der Waals surface area contributed by atoms with Gasteiger partial charge in [-0.15, -0.1) is 0 Å². The van der Waals surface area contributed by atoms with E-state index in [9.17, 15) is 0 Å². The predicted molar refractivity (Wildman–Crippen MR) is 88.3 cm³/mol. The Bertz CT molecular complexity index is 306. The first-order valence-electron chi connectivity index (χ1n) is 9.05. The van der Waals surface area contributed by atoms with Crippen LogP contribution in [0.15, 0.2) is 0 Å². The maximum absolute atomic E-state index is 6.11. The molecule has 0 bridgehead atoms. The average Bonchev–Trinajstić information content (AvgIpc) is 2.66. The third-order valence-corrected chi connectivity index (χ3v) is 7.76. The molecule has 1 heterocycles. The zero-order chi connectivity index (χ0) is 13.9. The fraction of sp³-hybridized carbons (Fsp3) is 1.00. The van der Waals surface area contributed by atoms with Crippen LogP contribution in [0.5, 0.6) is 0 Å². The molecule has 0 aromatic rings.